The Morgan fingerprint density at radius 2 is 1.90 bits per heavy atom. The third kappa shape index (κ3) is 5.50. The monoisotopic (exact) mass is 480 g/mol. The number of nitrogens with one attached hydrogen (secondary N) is 1. The van der Waals surface area contributed by atoms with Crippen molar-refractivity contribution in [1.29, 1.82) is 5.26 Å². The summed E-state index contributed by atoms with van der Waals surface area (Å²) in [6.07, 6.45) is 1.51. The maximum atomic E-state index is 12.6. The van der Waals surface area contributed by atoms with Gasteiger partial charge in [0, 0.05) is 26.3 Å². The van der Waals surface area contributed by atoms with Gasteiger partial charge in [0.25, 0.3) is 5.91 Å². The fourth-order valence-corrected chi connectivity index (χ4v) is 3.31. The van der Waals surface area contributed by atoms with E-state index in [4.69, 9.17) is 16.3 Å². The number of rotatable bonds is 6. The zero-order chi connectivity index (χ0) is 21.5. The number of para-hydroxylation sites is 1. The van der Waals surface area contributed by atoms with E-state index in [-0.39, 0.29) is 12.2 Å². The van der Waals surface area contributed by atoms with Gasteiger partial charge >= 0.3 is 0 Å². The van der Waals surface area contributed by atoms with E-state index in [1.165, 1.54) is 6.08 Å². The molecule has 0 fully saturated rings. The second-order valence-corrected chi connectivity index (χ2v) is 7.82. The molecule has 0 bridgehead atoms. The van der Waals surface area contributed by atoms with Crippen molar-refractivity contribution in [3.63, 3.8) is 0 Å². The topological polar surface area (TPSA) is 62.1 Å². The largest absolute Gasteiger partial charge is 0.488 e. The molecule has 0 aliphatic heterocycles. The van der Waals surface area contributed by atoms with E-state index in [0.29, 0.717) is 22.0 Å². The fraction of sp³-hybridized carbons (Fsp3) is 0.0833. The van der Waals surface area contributed by atoms with Crippen LogP contribution in [-0.2, 0) is 11.4 Å². The first-order chi connectivity index (χ1) is 14.5. The lowest BCUT2D eigenvalue weighted by Gasteiger charge is -2.12. The number of anilines is 1. The molecule has 0 aliphatic rings. The maximum absolute atomic E-state index is 12.6. The summed E-state index contributed by atoms with van der Waals surface area (Å²) < 4.78 is 6.73. The molecule has 150 valence electrons. The Kier molecular flexibility index (Phi) is 7.29. The van der Waals surface area contributed by atoms with E-state index in [9.17, 15) is 10.1 Å². The van der Waals surface area contributed by atoms with Gasteiger partial charge in [-0.15, -0.1) is 0 Å². The van der Waals surface area contributed by atoms with Crippen LogP contribution >= 0.6 is 27.5 Å². The molecule has 0 atom stereocenters. The highest BCUT2D eigenvalue weighted by atomic mass is 79.9. The molecule has 0 saturated carbocycles. The van der Waals surface area contributed by atoms with E-state index < -0.39 is 5.91 Å². The average molecular weight is 482 g/mol. The van der Waals surface area contributed by atoms with E-state index >= 15 is 0 Å². The van der Waals surface area contributed by atoms with Crippen LogP contribution in [0.25, 0.3) is 6.08 Å². The Bertz CT molecular complexity index is 1150. The zero-order valence-corrected chi connectivity index (χ0v) is 18.5. The summed E-state index contributed by atoms with van der Waals surface area (Å²) in [5.74, 6) is 0.0541. The molecule has 0 heterocycles. The first-order valence-corrected chi connectivity index (χ1v) is 10.3. The van der Waals surface area contributed by atoms with Crippen molar-refractivity contribution in [3.8, 4) is 11.8 Å². The smallest absolute Gasteiger partial charge is 0.266 e. The Balaban J connectivity index is 1.86. The van der Waals surface area contributed by atoms with Crippen molar-refractivity contribution in [2.24, 2.45) is 0 Å². The van der Waals surface area contributed by atoms with Crippen LogP contribution < -0.4 is 10.1 Å². The summed E-state index contributed by atoms with van der Waals surface area (Å²) >= 11 is 9.62. The number of carbonyl (C=O) groups excluding carboxylic acids is 1. The molecule has 30 heavy (non-hydrogen) atoms. The molecule has 0 spiro atoms. The van der Waals surface area contributed by atoms with E-state index in [0.717, 1.165) is 15.6 Å². The van der Waals surface area contributed by atoms with Crippen LogP contribution in [-0.4, -0.2) is 5.91 Å². The van der Waals surface area contributed by atoms with Crippen molar-refractivity contribution in [2.45, 2.75) is 13.5 Å². The quantitative estimate of drug-likeness (QED) is 0.321. The van der Waals surface area contributed by atoms with E-state index in [1.807, 2.05) is 55.5 Å². The van der Waals surface area contributed by atoms with Crippen molar-refractivity contribution in [1.82, 2.24) is 0 Å². The molecular formula is C24H18BrClN2O2. The summed E-state index contributed by atoms with van der Waals surface area (Å²) in [6.45, 7) is 2.15. The number of aryl methyl sites for hydroxylation is 1. The van der Waals surface area contributed by atoms with Crippen molar-refractivity contribution in [2.75, 3.05) is 5.32 Å². The molecule has 1 amide bonds. The second-order valence-electron chi connectivity index (χ2n) is 6.50. The van der Waals surface area contributed by atoms with Gasteiger partial charge in [-0.3, -0.25) is 4.79 Å². The minimum absolute atomic E-state index is 0.0288. The summed E-state index contributed by atoms with van der Waals surface area (Å²) in [4.78, 5) is 12.6. The van der Waals surface area contributed by atoms with E-state index in [2.05, 4.69) is 21.2 Å². The predicted octanol–water partition coefficient (Wildman–Crippen LogP) is 6.54. The highest BCUT2D eigenvalue weighted by molar-refractivity contribution is 9.10. The molecule has 0 saturated heterocycles. The normalized spacial score (nSPS) is 10.9. The number of nitriles is 1. The standard InChI is InChI=1S/C24H18BrClN2O2/c1-16-6-2-5-9-22(16)28-24(29)19(14-27)12-18-13-20(25)10-11-23(18)30-15-17-7-3-4-8-21(17)26/h2-13H,15H2,1H3,(H,28,29)/b19-12+. The Labute approximate surface area is 188 Å². The molecule has 3 aromatic rings. The second kappa shape index (κ2) is 10.1. The summed E-state index contributed by atoms with van der Waals surface area (Å²) in [7, 11) is 0. The van der Waals surface area contributed by atoms with E-state index in [1.54, 1.807) is 24.3 Å². The van der Waals surface area contributed by atoms with Crippen LogP contribution in [0.4, 0.5) is 5.69 Å². The SMILES string of the molecule is Cc1ccccc1NC(=O)/C(C#N)=C/c1cc(Br)ccc1OCc1ccccc1Cl. The van der Waals surface area contributed by atoms with Crippen LogP contribution in [0.1, 0.15) is 16.7 Å². The van der Waals surface area contributed by atoms with Crippen LogP contribution in [0.3, 0.4) is 0 Å². The van der Waals surface area contributed by atoms with Gasteiger partial charge in [0.05, 0.1) is 0 Å². The molecule has 0 aromatic heterocycles. The van der Waals surface area contributed by atoms with Gasteiger partial charge in [0.2, 0.25) is 0 Å². The molecule has 4 nitrogen and oxygen atoms in total. The number of hydrogen-bond acceptors (Lipinski definition) is 3. The molecule has 0 aliphatic carbocycles. The number of ether oxygens (including phenoxy) is 1. The van der Waals surface area contributed by atoms with Crippen molar-refractivity contribution in [3.05, 3.63) is 98.5 Å². The number of carbonyl (C=O) groups is 1. The van der Waals surface area contributed by atoms with Crippen LogP contribution in [0, 0.1) is 18.3 Å². The van der Waals surface area contributed by atoms with Crippen molar-refractivity contribution < 1.29 is 9.53 Å². The molecule has 0 unspecified atom stereocenters. The lowest BCUT2D eigenvalue weighted by Crippen LogP contribution is -2.14. The number of nitrogens with zero attached hydrogens (tertiary/aromatic N) is 1. The third-order valence-electron chi connectivity index (χ3n) is 4.37. The van der Waals surface area contributed by atoms with Gasteiger partial charge in [0.15, 0.2) is 0 Å². The average Bonchev–Trinajstić information content (AvgIpc) is 2.74. The van der Waals surface area contributed by atoms with Gasteiger partial charge in [-0.05, 0) is 48.9 Å². The maximum Gasteiger partial charge on any atom is 0.266 e. The van der Waals surface area contributed by atoms with Crippen molar-refractivity contribution >= 4 is 45.2 Å². The van der Waals surface area contributed by atoms with Gasteiger partial charge in [-0.2, -0.15) is 5.26 Å². The number of benzene rings is 3. The highest BCUT2D eigenvalue weighted by Crippen LogP contribution is 2.28. The van der Waals surface area contributed by atoms with Gasteiger partial charge in [-0.1, -0.05) is 63.9 Å². The Hall–Kier alpha value is -3.07. The van der Waals surface area contributed by atoms with Crippen LogP contribution in [0.5, 0.6) is 5.75 Å². The molecule has 6 heteroatoms. The lowest BCUT2D eigenvalue weighted by molar-refractivity contribution is -0.112. The summed E-state index contributed by atoms with van der Waals surface area (Å²) in [5, 5.41) is 13.0. The molecule has 3 rings (SSSR count). The van der Waals surface area contributed by atoms with Crippen LogP contribution in [0.15, 0.2) is 76.8 Å². The highest BCUT2D eigenvalue weighted by Gasteiger charge is 2.13. The number of halogens is 2. The summed E-state index contributed by atoms with van der Waals surface area (Å²) in [6, 6.07) is 22.2. The molecular weight excluding hydrogens is 464 g/mol. The summed E-state index contributed by atoms with van der Waals surface area (Å²) in [5.41, 5.74) is 2.99. The number of hydrogen-bond donors (Lipinski definition) is 1. The van der Waals surface area contributed by atoms with Gasteiger partial charge < -0.3 is 10.1 Å². The minimum atomic E-state index is -0.483. The molecule has 3 aromatic carbocycles. The number of amides is 1. The molecule has 1 N–H and O–H groups in total. The zero-order valence-electron chi connectivity index (χ0n) is 16.2. The molecule has 0 radical (unpaired) electrons. The van der Waals surface area contributed by atoms with Crippen LogP contribution in [0.2, 0.25) is 5.02 Å². The third-order valence-corrected chi connectivity index (χ3v) is 5.23. The predicted molar refractivity (Wildman–Crippen MR) is 123 cm³/mol. The first kappa shape index (κ1) is 21.6. The van der Waals surface area contributed by atoms with Gasteiger partial charge in [0.1, 0.15) is 24.0 Å². The first-order valence-electron chi connectivity index (χ1n) is 9.12. The minimum Gasteiger partial charge on any atom is -0.488 e. The lowest BCUT2D eigenvalue weighted by atomic mass is 10.1. The Morgan fingerprint density at radius 3 is 2.63 bits per heavy atom. The van der Waals surface area contributed by atoms with Gasteiger partial charge in [-0.25, -0.2) is 0 Å². The fourth-order valence-electron chi connectivity index (χ4n) is 2.74. The Morgan fingerprint density at radius 1 is 1.17 bits per heavy atom.